The first kappa shape index (κ1) is 11.6. The van der Waals surface area contributed by atoms with Crippen LogP contribution in [0.2, 0.25) is 0 Å². The second kappa shape index (κ2) is 4.52. The highest BCUT2D eigenvalue weighted by Crippen LogP contribution is 2.17. The molecule has 2 rings (SSSR count). The van der Waals surface area contributed by atoms with E-state index in [4.69, 9.17) is 5.14 Å². The van der Waals surface area contributed by atoms with Gasteiger partial charge in [-0.05, 0) is 18.2 Å². The van der Waals surface area contributed by atoms with Crippen molar-refractivity contribution in [1.29, 1.82) is 0 Å². The summed E-state index contributed by atoms with van der Waals surface area (Å²) in [6.45, 7) is 0. The third-order valence-electron chi connectivity index (χ3n) is 2.10. The van der Waals surface area contributed by atoms with Crippen molar-refractivity contribution in [2.75, 3.05) is 5.32 Å². The fourth-order valence-corrected chi connectivity index (χ4v) is 1.83. The lowest BCUT2D eigenvalue weighted by Crippen LogP contribution is -2.12. The summed E-state index contributed by atoms with van der Waals surface area (Å²) in [4.78, 5) is 3.81. The zero-order valence-electron chi connectivity index (χ0n) is 8.87. The molecule has 0 saturated carbocycles. The summed E-state index contributed by atoms with van der Waals surface area (Å²) in [6.07, 6.45) is 2.74. The Labute approximate surface area is 99.4 Å². The van der Waals surface area contributed by atoms with Crippen LogP contribution in [0.3, 0.4) is 0 Å². The Hall–Kier alpha value is -1.92. The van der Waals surface area contributed by atoms with E-state index < -0.39 is 10.0 Å². The predicted molar refractivity (Wildman–Crippen MR) is 65.3 cm³/mol. The molecule has 6 heteroatoms. The molecule has 5 nitrogen and oxygen atoms in total. The van der Waals surface area contributed by atoms with Crippen LogP contribution in [0, 0.1) is 0 Å². The van der Waals surface area contributed by atoms with Crippen LogP contribution < -0.4 is 10.5 Å². The molecule has 0 spiro atoms. The van der Waals surface area contributed by atoms with Gasteiger partial charge in [0.1, 0.15) is 4.90 Å². The molecular formula is C11H11N3O2S. The van der Waals surface area contributed by atoms with Crippen molar-refractivity contribution in [3.05, 3.63) is 48.8 Å². The fraction of sp³-hybridized carbons (Fsp3) is 0. The van der Waals surface area contributed by atoms with E-state index in [1.807, 2.05) is 30.3 Å². The van der Waals surface area contributed by atoms with Gasteiger partial charge in [0, 0.05) is 11.9 Å². The van der Waals surface area contributed by atoms with Gasteiger partial charge in [0.05, 0.1) is 11.9 Å². The number of pyridine rings is 1. The van der Waals surface area contributed by atoms with Crippen molar-refractivity contribution < 1.29 is 8.42 Å². The maximum atomic E-state index is 11.1. The number of nitrogens with one attached hydrogen (secondary N) is 1. The van der Waals surface area contributed by atoms with Gasteiger partial charge in [-0.2, -0.15) is 0 Å². The number of nitrogens with two attached hydrogens (primary N) is 1. The highest BCUT2D eigenvalue weighted by molar-refractivity contribution is 7.89. The number of primary sulfonamides is 1. The molecule has 88 valence electrons. The van der Waals surface area contributed by atoms with E-state index in [9.17, 15) is 8.42 Å². The molecule has 0 atom stereocenters. The van der Waals surface area contributed by atoms with E-state index in [1.54, 1.807) is 0 Å². The molecule has 1 aromatic heterocycles. The second-order valence-corrected chi connectivity index (χ2v) is 5.01. The summed E-state index contributed by atoms with van der Waals surface area (Å²) in [5.41, 5.74) is 1.42. The Morgan fingerprint density at radius 2 is 1.76 bits per heavy atom. The van der Waals surface area contributed by atoms with Crippen LogP contribution in [0.1, 0.15) is 0 Å². The molecule has 1 heterocycles. The average Bonchev–Trinajstić information content (AvgIpc) is 2.29. The Morgan fingerprint density at radius 3 is 2.41 bits per heavy atom. The summed E-state index contributed by atoms with van der Waals surface area (Å²) in [6, 6.07) is 10.8. The minimum absolute atomic E-state index is 0.0153. The van der Waals surface area contributed by atoms with E-state index in [0.29, 0.717) is 5.69 Å². The van der Waals surface area contributed by atoms with Gasteiger partial charge in [-0.15, -0.1) is 0 Å². The molecule has 0 radical (unpaired) electrons. The van der Waals surface area contributed by atoms with E-state index >= 15 is 0 Å². The van der Waals surface area contributed by atoms with Gasteiger partial charge in [-0.1, -0.05) is 18.2 Å². The number of nitrogens with zero attached hydrogens (tertiary/aromatic N) is 1. The van der Waals surface area contributed by atoms with Gasteiger partial charge in [0.15, 0.2) is 0 Å². The van der Waals surface area contributed by atoms with Gasteiger partial charge in [-0.25, -0.2) is 13.6 Å². The molecule has 3 N–H and O–H groups in total. The normalized spacial score (nSPS) is 11.1. The number of hydrogen-bond acceptors (Lipinski definition) is 4. The molecule has 0 bridgehead atoms. The lowest BCUT2D eigenvalue weighted by Gasteiger charge is -2.06. The van der Waals surface area contributed by atoms with Crippen LogP contribution in [0.4, 0.5) is 11.4 Å². The lowest BCUT2D eigenvalue weighted by molar-refractivity contribution is 0.597. The molecule has 1 aromatic carbocycles. The minimum atomic E-state index is -3.72. The number of rotatable bonds is 3. The molecule has 0 unspecified atom stereocenters. The standard InChI is InChI=1S/C11H11N3O2S/c12-17(15,16)11-6-10(7-13-8-11)14-9-4-2-1-3-5-9/h1-8,14H,(H2,12,15,16). The number of para-hydroxylation sites is 1. The smallest absolute Gasteiger partial charge is 0.239 e. The monoisotopic (exact) mass is 249 g/mol. The van der Waals surface area contributed by atoms with Crippen molar-refractivity contribution in [2.24, 2.45) is 5.14 Å². The van der Waals surface area contributed by atoms with Gasteiger partial charge in [-0.3, -0.25) is 4.98 Å². The van der Waals surface area contributed by atoms with Crippen LogP contribution >= 0.6 is 0 Å². The van der Waals surface area contributed by atoms with E-state index in [-0.39, 0.29) is 4.90 Å². The van der Waals surface area contributed by atoms with Crippen LogP contribution in [0.25, 0.3) is 0 Å². The highest BCUT2D eigenvalue weighted by atomic mass is 32.2. The fourth-order valence-electron chi connectivity index (χ4n) is 1.33. The Morgan fingerprint density at radius 1 is 1.06 bits per heavy atom. The van der Waals surface area contributed by atoms with Crippen molar-refractivity contribution in [3.8, 4) is 0 Å². The molecule has 0 aliphatic rings. The van der Waals surface area contributed by atoms with Crippen molar-refractivity contribution >= 4 is 21.4 Å². The Kier molecular flexibility index (Phi) is 3.08. The SMILES string of the molecule is NS(=O)(=O)c1cncc(Nc2ccccc2)c1. The number of aromatic nitrogens is 1. The predicted octanol–water partition coefficient (Wildman–Crippen LogP) is 1.47. The summed E-state index contributed by atoms with van der Waals surface area (Å²) >= 11 is 0. The topological polar surface area (TPSA) is 85.1 Å². The third-order valence-corrected chi connectivity index (χ3v) is 2.98. The number of sulfonamides is 1. The highest BCUT2D eigenvalue weighted by Gasteiger charge is 2.08. The number of anilines is 2. The van der Waals surface area contributed by atoms with Gasteiger partial charge < -0.3 is 5.32 Å². The largest absolute Gasteiger partial charge is 0.354 e. The summed E-state index contributed by atoms with van der Waals surface area (Å²) in [7, 11) is -3.72. The van der Waals surface area contributed by atoms with Crippen molar-refractivity contribution in [3.63, 3.8) is 0 Å². The van der Waals surface area contributed by atoms with Crippen LogP contribution in [-0.4, -0.2) is 13.4 Å². The third kappa shape index (κ3) is 3.02. The first-order valence-corrected chi connectivity index (χ1v) is 6.40. The Balaban J connectivity index is 2.29. The molecule has 0 fully saturated rings. The molecule has 0 saturated heterocycles. The summed E-state index contributed by atoms with van der Waals surface area (Å²) in [5, 5.41) is 8.06. The second-order valence-electron chi connectivity index (χ2n) is 3.45. The number of benzene rings is 1. The lowest BCUT2D eigenvalue weighted by atomic mass is 10.3. The maximum absolute atomic E-state index is 11.1. The molecule has 0 aliphatic heterocycles. The zero-order chi connectivity index (χ0) is 12.3. The van der Waals surface area contributed by atoms with Gasteiger partial charge >= 0.3 is 0 Å². The number of hydrogen-bond donors (Lipinski definition) is 2. The molecule has 0 amide bonds. The average molecular weight is 249 g/mol. The van der Waals surface area contributed by atoms with E-state index in [1.165, 1.54) is 18.5 Å². The van der Waals surface area contributed by atoms with Gasteiger partial charge in [0.2, 0.25) is 10.0 Å². The maximum Gasteiger partial charge on any atom is 0.239 e. The van der Waals surface area contributed by atoms with Crippen molar-refractivity contribution in [2.45, 2.75) is 4.90 Å². The van der Waals surface area contributed by atoms with Crippen molar-refractivity contribution in [1.82, 2.24) is 4.98 Å². The first-order chi connectivity index (χ1) is 8.05. The Bertz CT molecular complexity index is 612. The minimum Gasteiger partial charge on any atom is -0.354 e. The molecule has 0 aliphatic carbocycles. The van der Waals surface area contributed by atoms with Crippen LogP contribution in [0.5, 0.6) is 0 Å². The molecular weight excluding hydrogens is 238 g/mol. The molecule has 2 aromatic rings. The van der Waals surface area contributed by atoms with E-state index in [2.05, 4.69) is 10.3 Å². The summed E-state index contributed by atoms with van der Waals surface area (Å²) < 4.78 is 22.3. The summed E-state index contributed by atoms with van der Waals surface area (Å²) in [5.74, 6) is 0. The zero-order valence-corrected chi connectivity index (χ0v) is 9.68. The van der Waals surface area contributed by atoms with Crippen LogP contribution in [0.15, 0.2) is 53.7 Å². The first-order valence-electron chi connectivity index (χ1n) is 4.85. The molecule has 17 heavy (non-hydrogen) atoms. The van der Waals surface area contributed by atoms with Gasteiger partial charge in [0.25, 0.3) is 0 Å². The quantitative estimate of drug-likeness (QED) is 0.862. The van der Waals surface area contributed by atoms with E-state index in [0.717, 1.165) is 5.69 Å². The van der Waals surface area contributed by atoms with Crippen LogP contribution in [-0.2, 0) is 10.0 Å².